The zero-order chi connectivity index (χ0) is 13.4. The lowest BCUT2D eigenvalue weighted by atomic mass is 10.3. The van der Waals surface area contributed by atoms with Crippen LogP contribution in [0.1, 0.15) is 18.2 Å². The molecule has 0 aliphatic heterocycles. The fourth-order valence-corrected chi connectivity index (χ4v) is 2.61. The molecule has 1 aromatic heterocycles. The summed E-state index contributed by atoms with van der Waals surface area (Å²) in [6.45, 7) is 4.68. The molecule has 102 valence electrons. The first-order valence-corrected chi connectivity index (χ1v) is 7.16. The largest absolute Gasteiger partial charge is 0.380 e. The molecule has 1 aromatic rings. The van der Waals surface area contributed by atoms with E-state index in [1.165, 1.54) is 11.3 Å². The van der Waals surface area contributed by atoms with Crippen molar-refractivity contribution in [1.82, 2.24) is 4.90 Å². The van der Waals surface area contributed by atoms with Gasteiger partial charge in [-0.2, -0.15) is 0 Å². The minimum atomic E-state index is 0.0963. The number of thiophene rings is 1. The molecule has 0 unspecified atom stereocenters. The van der Waals surface area contributed by atoms with Gasteiger partial charge < -0.3 is 15.4 Å². The molecule has 1 amide bonds. The molecule has 18 heavy (non-hydrogen) atoms. The second kappa shape index (κ2) is 8.48. The molecule has 0 atom stereocenters. The number of carbonyl (C=O) groups is 1. The highest BCUT2D eigenvalue weighted by atomic mass is 35.5. The molecule has 0 saturated heterocycles. The van der Waals surface area contributed by atoms with Crippen molar-refractivity contribution in [3.05, 3.63) is 21.3 Å². The highest BCUT2D eigenvalue weighted by molar-refractivity contribution is 7.16. The molecule has 0 fully saturated rings. The molecule has 1 rings (SSSR count). The van der Waals surface area contributed by atoms with Gasteiger partial charge in [0.05, 0.1) is 30.5 Å². The average Bonchev–Trinajstić information content (AvgIpc) is 2.77. The van der Waals surface area contributed by atoms with E-state index in [0.29, 0.717) is 39.3 Å². The molecule has 0 aromatic carbocycles. The second-order valence-corrected chi connectivity index (χ2v) is 5.56. The van der Waals surface area contributed by atoms with E-state index in [1.807, 2.05) is 19.1 Å². The Morgan fingerprint density at radius 1 is 1.50 bits per heavy atom. The van der Waals surface area contributed by atoms with Gasteiger partial charge in [-0.25, -0.2) is 0 Å². The number of ether oxygens (including phenoxy) is 1. The smallest absolute Gasteiger partial charge is 0.225 e. The van der Waals surface area contributed by atoms with Crippen LogP contribution in [0, 0.1) is 0 Å². The predicted octanol–water partition coefficient (Wildman–Crippen LogP) is 2.12. The fourth-order valence-electron chi connectivity index (χ4n) is 1.50. The van der Waals surface area contributed by atoms with E-state index in [-0.39, 0.29) is 5.91 Å². The third-order valence-electron chi connectivity index (χ3n) is 2.43. The molecule has 0 radical (unpaired) electrons. The maximum atomic E-state index is 11.9. The van der Waals surface area contributed by atoms with Gasteiger partial charge in [0.2, 0.25) is 5.91 Å². The summed E-state index contributed by atoms with van der Waals surface area (Å²) in [5.41, 5.74) is 5.30. The maximum absolute atomic E-state index is 11.9. The number of nitrogens with two attached hydrogens (primary N) is 1. The summed E-state index contributed by atoms with van der Waals surface area (Å²) in [6.07, 6.45) is 0.396. The number of carbonyl (C=O) groups excluding carboxylic acids is 1. The summed E-state index contributed by atoms with van der Waals surface area (Å²) >= 11 is 7.37. The van der Waals surface area contributed by atoms with E-state index in [4.69, 9.17) is 22.1 Å². The Balaban J connectivity index is 2.37. The van der Waals surface area contributed by atoms with Crippen LogP contribution in [0.4, 0.5) is 0 Å². The van der Waals surface area contributed by atoms with Crippen LogP contribution < -0.4 is 5.73 Å². The van der Waals surface area contributed by atoms with Crippen LogP contribution in [0.2, 0.25) is 4.34 Å². The van der Waals surface area contributed by atoms with E-state index in [0.717, 1.165) is 9.21 Å². The fraction of sp³-hybridized carbons (Fsp3) is 0.583. The molecular weight excluding hydrogens is 272 g/mol. The van der Waals surface area contributed by atoms with E-state index >= 15 is 0 Å². The lowest BCUT2D eigenvalue weighted by Gasteiger charge is -2.20. The zero-order valence-electron chi connectivity index (χ0n) is 10.5. The third-order valence-corrected chi connectivity index (χ3v) is 3.65. The number of hydrogen-bond donors (Lipinski definition) is 1. The summed E-state index contributed by atoms with van der Waals surface area (Å²) in [4.78, 5) is 14.8. The molecule has 0 bridgehead atoms. The lowest BCUT2D eigenvalue weighted by Crippen LogP contribution is -2.30. The van der Waals surface area contributed by atoms with Crippen LogP contribution in [0.5, 0.6) is 0 Å². The molecule has 1 heterocycles. The highest BCUT2D eigenvalue weighted by Crippen LogP contribution is 2.22. The molecule has 0 spiro atoms. The SMILES string of the molecule is CCN(Cc1ccc(Cl)s1)C(=O)CCOCCN. The zero-order valence-corrected chi connectivity index (χ0v) is 12.1. The second-order valence-electron chi connectivity index (χ2n) is 3.76. The van der Waals surface area contributed by atoms with Gasteiger partial charge in [-0.05, 0) is 19.1 Å². The first-order valence-electron chi connectivity index (χ1n) is 5.97. The van der Waals surface area contributed by atoms with Gasteiger partial charge in [-0.1, -0.05) is 11.6 Å². The van der Waals surface area contributed by atoms with Crippen molar-refractivity contribution in [3.8, 4) is 0 Å². The normalized spacial score (nSPS) is 10.6. The van der Waals surface area contributed by atoms with E-state index < -0.39 is 0 Å². The van der Waals surface area contributed by atoms with E-state index in [9.17, 15) is 4.79 Å². The Morgan fingerprint density at radius 3 is 2.83 bits per heavy atom. The van der Waals surface area contributed by atoms with Crippen molar-refractivity contribution in [2.24, 2.45) is 5.73 Å². The topological polar surface area (TPSA) is 55.6 Å². The van der Waals surface area contributed by atoms with Gasteiger partial charge in [0.15, 0.2) is 0 Å². The Labute approximate surface area is 117 Å². The van der Waals surface area contributed by atoms with Gasteiger partial charge in [-0.15, -0.1) is 11.3 Å². The van der Waals surface area contributed by atoms with Crippen LogP contribution in [-0.4, -0.2) is 37.1 Å². The van der Waals surface area contributed by atoms with Gasteiger partial charge in [0.1, 0.15) is 0 Å². The molecular formula is C12H19ClN2O2S. The standard InChI is InChI=1S/C12H19ClN2O2S/c1-2-15(9-10-3-4-11(13)18-10)12(16)5-7-17-8-6-14/h3-4H,2,5-9,14H2,1H3. The van der Waals surface area contributed by atoms with Gasteiger partial charge in [0, 0.05) is 18.0 Å². The average molecular weight is 291 g/mol. The Morgan fingerprint density at radius 2 is 2.28 bits per heavy atom. The predicted molar refractivity (Wildman–Crippen MR) is 74.9 cm³/mol. The number of hydrogen-bond acceptors (Lipinski definition) is 4. The van der Waals surface area contributed by atoms with Crippen molar-refractivity contribution in [2.45, 2.75) is 19.9 Å². The molecule has 0 aliphatic carbocycles. The van der Waals surface area contributed by atoms with Crippen LogP contribution in [0.3, 0.4) is 0 Å². The molecule has 2 N–H and O–H groups in total. The third kappa shape index (κ3) is 5.35. The summed E-state index contributed by atoms with van der Waals surface area (Å²) in [7, 11) is 0. The summed E-state index contributed by atoms with van der Waals surface area (Å²) in [6, 6.07) is 3.80. The number of amides is 1. The van der Waals surface area contributed by atoms with Crippen molar-refractivity contribution < 1.29 is 9.53 Å². The maximum Gasteiger partial charge on any atom is 0.225 e. The van der Waals surface area contributed by atoms with Crippen molar-refractivity contribution >= 4 is 28.8 Å². The van der Waals surface area contributed by atoms with E-state index in [2.05, 4.69) is 0 Å². The first-order chi connectivity index (χ1) is 8.67. The van der Waals surface area contributed by atoms with Gasteiger partial charge in [-0.3, -0.25) is 4.79 Å². The molecule has 0 aliphatic rings. The van der Waals surface area contributed by atoms with Gasteiger partial charge in [0.25, 0.3) is 0 Å². The Bertz CT molecular complexity index is 371. The minimum Gasteiger partial charge on any atom is -0.380 e. The number of nitrogens with zero attached hydrogens (tertiary/aromatic N) is 1. The minimum absolute atomic E-state index is 0.0963. The van der Waals surface area contributed by atoms with E-state index in [1.54, 1.807) is 4.90 Å². The summed E-state index contributed by atoms with van der Waals surface area (Å²) in [5, 5.41) is 0. The van der Waals surface area contributed by atoms with Crippen LogP contribution in [0.15, 0.2) is 12.1 Å². The lowest BCUT2D eigenvalue weighted by molar-refractivity contribution is -0.132. The number of rotatable bonds is 8. The van der Waals surface area contributed by atoms with Crippen molar-refractivity contribution in [1.29, 1.82) is 0 Å². The van der Waals surface area contributed by atoms with Crippen molar-refractivity contribution in [2.75, 3.05) is 26.3 Å². The van der Waals surface area contributed by atoms with Crippen LogP contribution in [-0.2, 0) is 16.1 Å². The van der Waals surface area contributed by atoms with Gasteiger partial charge >= 0.3 is 0 Å². The Kier molecular flexibility index (Phi) is 7.27. The Hall–Kier alpha value is -0.620. The van der Waals surface area contributed by atoms with Crippen molar-refractivity contribution in [3.63, 3.8) is 0 Å². The monoisotopic (exact) mass is 290 g/mol. The summed E-state index contributed by atoms with van der Waals surface area (Å²) in [5.74, 6) is 0.0963. The summed E-state index contributed by atoms with van der Waals surface area (Å²) < 4.78 is 5.96. The highest BCUT2D eigenvalue weighted by Gasteiger charge is 2.12. The molecule has 6 heteroatoms. The quantitative estimate of drug-likeness (QED) is 0.746. The molecule has 0 saturated carbocycles. The first kappa shape index (κ1) is 15.4. The van der Waals surface area contributed by atoms with Crippen LogP contribution in [0.25, 0.3) is 0 Å². The molecule has 4 nitrogen and oxygen atoms in total. The number of halogens is 1. The van der Waals surface area contributed by atoms with Crippen LogP contribution >= 0.6 is 22.9 Å².